The topological polar surface area (TPSA) is 0 Å². The van der Waals surface area contributed by atoms with E-state index in [1.54, 1.807) is 0 Å². The summed E-state index contributed by atoms with van der Waals surface area (Å²) in [6.45, 7) is 23.0. The molecule has 6 aromatic carbocycles. The number of benzene rings is 6. The van der Waals surface area contributed by atoms with E-state index in [1.165, 1.54) is 82.4 Å². The molecule has 6 aromatic rings. The zero-order chi connectivity index (χ0) is 39.1. The summed E-state index contributed by atoms with van der Waals surface area (Å²) in [6.07, 6.45) is 4.21. The average molecular weight is 888 g/mol. The smallest absolute Gasteiger partial charge is 1.00 e. The second-order valence-electron chi connectivity index (χ2n) is 16.9. The second-order valence-corrected chi connectivity index (χ2v) is 21.2. The van der Waals surface area contributed by atoms with Gasteiger partial charge in [0.25, 0.3) is 0 Å². The van der Waals surface area contributed by atoms with E-state index in [4.69, 9.17) is 0 Å². The van der Waals surface area contributed by atoms with Crippen LogP contribution in [0.15, 0.2) is 162 Å². The standard InChI is InChI=1S/C54H57Si.3ClH.Ti/c1-36(2)42-20-26-45(27-21-42)48-14-11-17-51(32-48)55(54(10)35-39(7)40(8)41(54)9,52-18-12-15-49(33-52)46-28-22-43(23-29-46)37(3)4)53-19-13-16-50(34-53)47-30-24-44(25-31-47)38(5)6;;;;/h11-34,36-38H,1-10H3;3*1H;/q-1;;;;+4/p-3. The van der Waals surface area contributed by atoms with Gasteiger partial charge in [-0.1, -0.05) is 213 Å². The third kappa shape index (κ3) is 9.43. The fraction of sp³-hybridized carbons (Fsp3) is 0.259. The van der Waals surface area contributed by atoms with Gasteiger partial charge in [0, 0.05) is 0 Å². The van der Waals surface area contributed by atoms with E-state index in [2.05, 4.69) is 221 Å². The maximum absolute atomic E-state index is 4.21. The van der Waals surface area contributed by atoms with E-state index in [9.17, 15) is 0 Å². The van der Waals surface area contributed by atoms with Crippen LogP contribution in [-0.2, 0) is 21.7 Å². The molecule has 1 atom stereocenters. The monoisotopic (exact) mass is 886 g/mol. The first kappa shape index (κ1) is 50.0. The molecule has 5 heteroatoms. The second kappa shape index (κ2) is 20.4. The van der Waals surface area contributed by atoms with Gasteiger partial charge >= 0.3 is 21.7 Å². The minimum absolute atomic E-state index is 0. The van der Waals surface area contributed by atoms with Crippen molar-refractivity contribution in [3.05, 3.63) is 185 Å². The molecule has 0 heterocycles. The molecule has 0 nitrogen and oxygen atoms in total. The fourth-order valence-electron chi connectivity index (χ4n) is 8.94. The summed E-state index contributed by atoms with van der Waals surface area (Å²) in [5.74, 6) is 1.48. The molecule has 0 bridgehead atoms. The van der Waals surface area contributed by atoms with Crippen molar-refractivity contribution in [2.45, 2.75) is 92.0 Å². The van der Waals surface area contributed by atoms with Crippen LogP contribution in [0.4, 0.5) is 0 Å². The molecule has 0 aliphatic heterocycles. The van der Waals surface area contributed by atoms with Gasteiger partial charge in [0.1, 0.15) is 8.07 Å². The van der Waals surface area contributed by atoms with E-state index >= 15 is 0 Å². The Hall–Kier alpha value is -3.40. The maximum atomic E-state index is 4.21. The van der Waals surface area contributed by atoms with Crippen LogP contribution in [0, 0.1) is 6.08 Å². The molecule has 0 spiro atoms. The molecule has 0 amide bonds. The molecule has 7 rings (SSSR count). The van der Waals surface area contributed by atoms with E-state index < -0.39 is 8.07 Å². The molecule has 1 aliphatic carbocycles. The van der Waals surface area contributed by atoms with Gasteiger partial charge in [0.2, 0.25) is 0 Å². The van der Waals surface area contributed by atoms with Crippen LogP contribution in [0.3, 0.4) is 0 Å². The van der Waals surface area contributed by atoms with Crippen molar-refractivity contribution in [3.8, 4) is 33.4 Å². The van der Waals surface area contributed by atoms with Crippen LogP contribution in [0.1, 0.15) is 104 Å². The van der Waals surface area contributed by atoms with Crippen molar-refractivity contribution in [2.24, 2.45) is 0 Å². The summed E-state index contributed by atoms with van der Waals surface area (Å²) in [4.78, 5) is 0. The molecule has 0 fully saturated rings. The molecule has 1 unspecified atom stereocenters. The first-order valence-electron chi connectivity index (χ1n) is 20.3. The van der Waals surface area contributed by atoms with Crippen molar-refractivity contribution in [1.82, 2.24) is 0 Å². The van der Waals surface area contributed by atoms with Crippen molar-refractivity contribution < 1.29 is 58.9 Å². The summed E-state index contributed by atoms with van der Waals surface area (Å²) in [7, 11) is -3.03. The molecular formula is C54H57Cl3SiTi. The van der Waals surface area contributed by atoms with Crippen molar-refractivity contribution in [3.63, 3.8) is 0 Å². The molecule has 59 heavy (non-hydrogen) atoms. The normalized spacial score (nSPS) is 15.0. The quantitative estimate of drug-likeness (QED) is 0.109. The summed E-state index contributed by atoms with van der Waals surface area (Å²) in [5.41, 5.74) is 15.7. The summed E-state index contributed by atoms with van der Waals surface area (Å²) >= 11 is 0. The molecule has 0 saturated carbocycles. The Kier molecular flexibility index (Phi) is 17.3. The molecule has 302 valence electrons. The number of hydrogen-bond donors (Lipinski definition) is 0. The van der Waals surface area contributed by atoms with E-state index in [-0.39, 0.29) is 64.0 Å². The average Bonchev–Trinajstić information content (AvgIpc) is 3.40. The molecule has 0 aromatic heterocycles. The SMILES string of the molecule is CC1=[C-]C(C)([Si](c2cccc(-c3ccc(C(C)C)cc3)c2)(c2cccc(-c3ccc(C(C)C)cc3)c2)c2cccc(-c3ccc(C(C)C)cc3)c2)C(C)=C1C.[Cl-].[Cl-].[Cl-].[Ti+4]. The van der Waals surface area contributed by atoms with Crippen LogP contribution < -0.4 is 52.8 Å². The van der Waals surface area contributed by atoms with Crippen molar-refractivity contribution in [1.29, 1.82) is 0 Å². The number of hydrogen-bond acceptors (Lipinski definition) is 0. The van der Waals surface area contributed by atoms with Gasteiger partial charge in [-0.15, -0.1) is 6.92 Å². The zero-order valence-corrected chi connectivity index (χ0v) is 41.1. The largest absolute Gasteiger partial charge is 4.00 e. The van der Waals surface area contributed by atoms with E-state index in [1.807, 2.05) is 0 Å². The molecule has 1 aliphatic rings. The Bertz CT molecular complexity index is 2160. The van der Waals surface area contributed by atoms with Crippen LogP contribution >= 0.6 is 0 Å². The number of allylic oxidation sites excluding steroid dienone is 4. The Balaban J connectivity index is 0.00000233. The first-order chi connectivity index (χ1) is 26.3. The summed E-state index contributed by atoms with van der Waals surface area (Å²) in [6, 6.07) is 56.3. The van der Waals surface area contributed by atoms with Gasteiger partial charge in [0.15, 0.2) is 0 Å². The van der Waals surface area contributed by atoms with Crippen LogP contribution in [0.25, 0.3) is 33.4 Å². The fourth-order valence-corrected chi connectivity index (χ4v) is 14.9. The van der Waals surface area contributed by atoms with Gasteiger partial charge in [-0.25, -0.2) is 5.57 Å². The van der Waals surface area contributed by atoms with Crippen molar-refractivity contribution >= 4 is 23.6 Å². The van der Waals surface area contributed by atoms with Gasteiger partial charge in [-0.2, -0.15) is 11.1 Å². The van der Waals surface area contributed by atoms with Gasteiger partial charge in [-0.3, -0.25) is 6.08 Å². The van der Waals surface area contributed by atoms with Gasteiger partial charge < -0.3 is 37.2 Å². The van der Waals surface area contributed by atoms with Crippen LogP contribution in [0.2, 0.25) is 5.04 Å². The van der Waals surface area contributed by atoms with Gasteiger partial charge in [-0.05, 0) is 83.4 Å². The third-order valence-corrected chi connectivity index (χ3v) is 18.2. The van der Waals surface area contributed by atoms with E-state index in [0.29, 0.717) is 17.8 Å². The Labute approximate surface area is 390 Å². The van der Waals surface area contributed by atoms with Crippen molar-refractivity contribution in [2.75, 3.05) is 0 Å². The maximum Gasteiger partial charge on any atom is 4.00 e. The Morgan fingerprint density at radius 2 is 0.712 bits per heavy atom. The predicted octanol–water partition coefficient (Wildman–Crippen LogP) is 4.40. The molecule has 0 N–H and O–H groups in total. The molecular weight excluding hydrogens is 831 g/mol. The first-order valence-corrected chi connectivity index (χ1v) is 22.3. The van der Waals surface area contributed by atoms with E-state index in [0.717, 1.165) is 0 Å². The zero-order valence-electron chi connectivity index (χ0n) is 36.2. The van der Waals surface area contributed by atoms with Gasteiger partial charge in [0.05, 0.1) is 0 Å². The summed E-state index contributed by atoms with van der Waals surface area (Å²) < 4.78 is 0. The van der Waals surface area contributed by atoms with Crippen LogP contribution in [-0.4, -0.2) is 8.07 Å². The third-order valence-electron chi connectivity index (χ3n) is 12.7. The Morgan fingerprint density at radius 3 is 0.949 bits per heavy atom. The Morgan fingerprint density at radius 1 is 0.424 bits per heavy atom. The molecule has 0 radical (unpaired) electrons. The number of rotatable bonds is 10. The number of halogens is 3. The van der Waals surface area contributed by atoms with Crippen LogP contribution in [0.5, 0.6) is 0 Å². The molecule has 0 saturated heterocycles. The predicted molar refractivity (Wildman–Crippen MR) is 242 cm³/mol. The minimum atomic E-state index is -3.03. The minimum Gasteiger partial charge on any atom is -1.00 e. The summed E-state index contributed by atoms with van der Waals surface area (Å²) in [5, 5.41) is 3.83.